The molecule has 2 heterocycles. The van der Waals surface area contributed by atoms with Gasteiger partial charge in [0.1, 0.15) is 0 Å². The number of thiazole rings is 1. The minimum absolute atomic E-state index is 0.0414. The lowest BCUT2D eigenvalue weighted by molar-refractivity contribution is 0.0520. The number of rotatable bonds is 9. The summed E-state index contributed by atoms with van der Waals surface area (Å²) in [6.07, 6.45) is 0. The van der Waals surface area contributed by atoms with Gasteiger partial charge in [0.2, 0.25) is 10.0 Å². The van der Waals surface area contributed by atoms with E-state index < -0.39 is 21.9 Å². The van der Waals surface area contributed by atoms with Crippen molar-refractivity contribution in [3.63, 3.8) is 0 Å². The summed E-state index contributed by atoms with van der Waals surface area (Å²) in [5.41, 5.74) is 0.915. The Bertz CT molecular complexity index is 1090. The molecule has 1 aliphatic heterocycles. The molecule has 0 aliphatic carbocycles. The second-order valence-electron chi connectivity index (χ2n) is 7.08. The molecule has 0 radical (unpaired) electrons. The lowest BCUT2D eigenvalue weighted by Crippen LogP contribution is -2.37. The van der Waals surface area contributed by atoms with Gasteiger partial charge in [0.05, 0.1) is 30.3 Å². The number of nitrogens with one attached hydrogen (secondary N) is 1. The molecule has 0 spiro atoms. The van der Waals surface area contributed by atoms with Gasteiger partial charge in [-0.1, -0.05) is 13.8 Å². The zero-order valence-electron chi connectivity index (χ0n) is 18.9. The normalized spacial score (nSPS) is 14.4. The lowest BCUT2D eigenvalue weighted by atomic mass is 10.1. The third-order valence-electron chi connectivity index (χ3n) is 5.12. The Kier molecular flexibility index (Phi) is 8.40. The van der Waals surface area contributed by atoms with Gasteiger partial charge in [0.25, 0.3) is 5.91 Å². The van der Waals surface area contributed by atoms with Crippen molar-refractivity contribution in [1.29, 1.82) is 0 Å². The van der Waals surface area contributed by atoms with Crippen LogP contribution in [0.15, 0.2) is 28.5 Å². The number of hydrogen-bond donors (Lipinski definition) is 1. The van der Waals surface area contributed by atoms with Crippen molar-refractivity contribution in [3.05, 3.63) is 34.8 Å². The molecule has 180 valence electrons. The van der Waals surface area contributed by atoms with Crippen LogP contribution in [0.5, 0.6) is 0 Å². The van der Waals surface area contributed by atoms with Gasteiger partial charge in [0, 0.05) is 37.2 Å². The maximum atomic E-state index is 13.2. The Labute approximate surface area is 197 Å². The molecule has 10 nitrogen and oxygen atoms in total. The number of morpholine rings is 1. The number of carbonyl (C=O) groups excluding carboxylic acids is 2. The number of aromatic nitrogens is 1. The van der Waals surface area contributed by atoms with Crippen LogP contribution < -0.4 is 10.2 Å². The third kappa shape index (κ3) is 5.69. The summed E-state index contributed by atoms with van der Waals surface area (Å²) in [7, 11) is -3.76. The first-order valence-electron chi connectivity index (χ1n) is 10.7. The summed E-state index contributed by atoms with van der Waals surface area (Å²) < 4.78 is 37.8. The van der Waals surface area contributed by atoms with Gasteiger partial charge in [-0.25, -0.2) is 18.2 Å². The van der Waals surface area contributed by atoms with Crippen LogP contribution in [0.2, 0.25) is 0 Å². The van der Waals surface area contributed by atoms with Crippen LogP contribution in [0.3, 0.4) is 0 Å². The third-order valence-corrected chi connectivity index (χ3v) is 7.92. The number of anilines is 2. The number of amides is 1. The minimum atomic E-state index is -3.76. The Hall–Kier alpha value is -2.54. The van der Waals surface area contributed by atoms with Crippen molar-refractivity contribution < 1.29 is 27.5 Å². The number of sulfonamides is 1. The molecule has 1 fully saturated rings. The van der Waals surface area contributed by atoms with E-state index >= 15 is 0 Å². The van der Waals surface area contributed by atoms with Crippen molar-refractivity contribution in [2.75, 3.05) is 56.2 Å². The van der Waals surface area contributed by atoms with E-state index in [4.69, 9.17) is 9.47 Å². The summed E-state index contributed by atoms with van der Waals surface area (Å²) in [5.74, 6) is -1.09. The highest BCUT2D eigenvalue weighted by Crippen LogP contribution is 2.28. The molecule has 12 heteroatoms. The van der Waals surface area contributed by atoms with Crippen molar-refractivity contribution in [1.82, 2.24) is 9.29 Å². The minimum Gasteiger partial charge on any atom is -0.461 e. The first-order valence-corrected chi connectivity index (χ1v) is 13.0. The van der Waals surface area contributed by atoms with Crippen LogP contribution in [0.25, 0.3) is 0 Å². The van der Waals surface area contributed by atoms with Crippen LogP contribution in [0.4, 0.5) is 10.8 Å². The Morgan fingerprint density at radius 2 is 1.91 bits per heavy atom. The number of benzene rings is 1. The topological polar surface area (TPSA) is 118 Å². The van der Waals surface area contributed by atoms with Gasteiger partial charge in [-0.05, 0) is 25.1 Å². The number of nitrogens with zero attached hydrogens (tertiary/aromatic N) is 3. The highest BCUT2D eigenvalue weighted by molar-refractivity contribution is 7.89. The van der Waals surface area contributed by atoms with Gasteiger partial charge >= 0.3 is 5.97 Å². The van der Waals surface area contributed by atoms with Crippen molar-refractivity contribution in [2.24, 2.45) is 0 Å². The van der Waals surface area contributed by atoms with Gasteiger partial charge in [-0.3, -0.25) is 10.1 Å². The molecule has 0 saturated carbocycles. The molecule has 1 saturated heterocycles. The number of hydrogen-bond acceptors (Lipinski definition) is 9. The van der Waals surface area contributed by atoms with E-state index in [1.807, 2.05) is 4.90 Å². The average Bonchev–Trinajstić information content (AvgIpc) is 3.28. The van der Waals surface area contributed by atoms with E-state index in [0.717, 1.165) is 11.3 Å². The summed E-state index contributed by atoms with van der Waals surface area (Å²) in [4.78, 5) is 31.3. The Morgan fingerprint density at radius 1 is 1.21 bits per heavy atom. The molecule has 0 unspecified atom stereocenters. The van der Waals surface area contributed by atoms with Gasteiger partial charge in [0.15, 0.2) is 10.8 Å². The number of carbonyl (C=O) groups is 2. The molecular weight excluding hydrogens is 468 g/mol. The average molecular weight is 497 g/mol. The standard InChI is InChI=1S/C21H28N4O6S2/c1-4-25(5-2)33(28,29)15-7-8-18(24-9-11-30-12-10-24)16(13-15)19(26)23-21-22-17(14-32-21)20(27)31-6-3/h7-8,13-14H,4-6,9-12H2,1-3H3,(H,22,23,26). The van der Waals surface area contributed by atoms with Gasteiger partial charge in [-0.2, -0.15) is 4.31 Å². The largest absolute Gasteiger partial charge is 0.461 e. The fourth-order valence-corrected chi connectivity index (χ4v) is 5.60. The zero-order valence-corrected chi connectivity index (χ0v) is 20.5. The molecule has 0 bridgehead atoms. The molecule has 1 aromatic carbocycles. The van der Waals surface area contributed by atoms with Crippen molar-refractivity contribution >= 4 is 44.1 Å². The van der Waals surface area contributed by atoms with Crippen LogP contribution in [-0.2, 0) is 19.5 Å². The first-order chi connectivity index (χ1) is 15.8. The van der Waals surface area contributed by atoms with Crippen LogP contribution >= 0.6 is 11.3 Å². The molecule has 3 rings (SSSR count). The summed E-state index contributed by atoms with van der Waals surface area (Å²) in [6, 6.07) is 4.58. The predicted molar refractivity (Wildman–Crippen MR) is 126 cm³/mol. The fourth-order valence-electron chi connectivity index (χ4n) is 3.44. The van der Waals surface area contributed by atoms with E-state index in [9.17, 15) is 18.0 Å². The van der Waals surface area contributed by atoms with Gasteiger partial charge in [-0.15, -0.1) is 11.3 Å². The molecule has 33 heavy (non-hydrogen) atoms. The molecule has 1 aromatic heterocycles. The highest BCUT2D eigenvalue weighted by Gasteiger charge is 2.26. The first kappa shape index (κ1) is 25.1. The van der Waals surface area contributed by atoms with Crippen molar-refractivity contribution in [3.8, 4) is 0 Å². The fraction of sp³-hybridized carbons (Fsp3) is 0.476. The quantitative estimate of drug-likeness (QED) is 0.526. The van der Waals surface area contributed by atoms with E-state index in [1.54, 1.807) is 26.8 Å². The van der Waals surface area contributed by atoms with E-state index in [-0.39, 0.29) is 27.9 Å². The number of ether oxygens (including phenoxy) is 2. The number of esters is 1. The monoisotopic (exact) mass is 496 g/mol. The molecule has 1 N–H and O–H groups in total. The molecule has 0 atom stereocenters. The lowest BCUT2D eigenvalue weighted by Gasteiger charge is -2.30. The van der Waals surface area contributed by atoms with Crippen molar-refractivity contribution in [2.45, 2.75) is 25.7 Å². The molecule has 1 aliphatic rings. The Balaban J connectivity index is 1.96. The molecular formula is C21H28N4O6S2. The maximum absolute atomic E-state index is 13.2. The Morgan fingerprint density at radius 3 is 2.55 bits per heavy atom. The predicted octanol–water partition coefficient (Wildman–Crippen LogP) is 2.44. The van der Waals surface area contributed by atoms with Crippen LogP contribution in [-0.4, -0.2) is 75.6 Å². The van der Waals surface area contributed by atoms with Crippen LogP contribution in [0, 0.1) is 0 Å². The maximum Gasteiger partial charge on any atom is 0.357 e. The summed E-state index contributed by atoms with van der Waals surface area (Å²) >= 11 is 1.09. The van der Waals surface area contributed by atoms with E-state index in [1.165, 1.54) is 21.8 Å². The van der Waals surface area contributed by atoms with E-state index in [0.29, 0.717) is 45.1 Å². The van der Waals surface area contributed by atoms with Crippen LogP contribution in [0.1, 0.15) is 41.6 Å². The summed E-state index contributed by atoms with van der Waals surface area (Å²) in [5, 5.41) is 4.40. The van der Waals surface area contributed by atoms with Gasteiger partial charge < -0.3 is 14.4 Å². The molecule has 1 amide bonds. The van der Waals surface area contributed by atoms with E-state index in [2.05, 4.69) is 10.3 Å². The summed E-state index contributed by atoms with van der Waals surface area (Å²) in [6.45, 7) is 8.25. The second-order valence-corrected chi connectivity index (χ2v) is 9.88. The smallest absolute Gasteiger partial charge is 0.357 e. The SMILES string of the molecule is CCOC(=O)c1csc(NC(=O)c2cc(S(=O)(=O)N(CC)CC)ccc2N2CCOCC2)n1. The molecule has 2 aromatic rings. The zero-order chi connectivity index (χ0) is 24.0. The highest BCUT2D eigenvalue weighted by atomic mass is 32.2. The second kappa shape index (κ2) is 11.1.